The first-order chi connectivity index (χ1) is 15.3. The zero-order chi connectivity index (χ0) is 20.4. The van der Waals surface area contributed by atoms with Crippen LogP contribution in [-0.2, 0) is 6.54 Å². The van der Waals surface area contributed by atoms with E-state index in [4.69, 9.17) is 14.5 Å². The third-order valence-corrected chi connectivity index (χ3v) is 7.92. The van der Waals surface area contributed by atoms with Gasteiger partial charge in [-0.05, 0) is 36.6 Å². The zero-order valence-electron chi connectivity index (χ0n) is 17.1. The third kappa shape index (κ3) is 3.08. The van der Waals surface area contributed by atoms with Gasteiger partial charge in [0.05, 0.1) is 22.0 Å². The van der Waals surface area contributed by atoms with E-state index in [-0.39, 0.29) is 0 Å². The Morgan fingerprint density at radius 2 is 2.13 bits per heavy atom. The summed E-state index contributed by atoms with van der Waals surface area (Å²) in [6, 6.07) is 5.42. The highest BCUT2D eigenvalue weighted by Crippen LogP contribution is 2.40. The smallest absolute Gasteiger partial charge is 0.228 e. The number of hydrazine groups is 1. The number of nitrogens with one attached hydrogen (secondary N) is 1. The molecule has 1 saturated carbocycles. The number of piperazine rings is 1. The number of anilines is 2. The van der Waals surface area contributed by atoms with Gasteiger partial charge in [-0.15, -0.1) is 11.3 Å². The van der Waals surface area contributed by atoms with E-state index in [0.717, 1.165) is 66.1 Å². The molecule has 1 aliphatic carbocycles. The van der Waals surface area contributed by atoms with Gasteiger partial charge in [0.15, 0.2) is 5.82 Å². The highest BCUT2D eigenvalue weighted by Gasteiger charge is 2.44. The number of nitrogens with zero attached hydrogens (tertiary/aromatic N) is 7. The number of hydrazone groups is 1. The van der Waals surface area contributed by atoms with Crippen LogP contribution in [0.15, 0.2) is 33.4 Å². The molecule has 1 unspecified atom stereocenters. The van der Waals surface area contributed by atoms with E-state index in [0.29, 0.717) is 18.1 Å². The molecule has 3 aliphatic heterocycles. The first kappa shape index (κ1) is 17.9. The fourth-order valence-electron chi connectivity index (χ4n) is 5.29. The van der Waals surface area contributed by atoms with Crippen LogP contribution in [0.1, 0.15) is 31.4 Å². The van der Waals surface area contributed by atoms with Gasteiger partial charge >= 0.3 is 0 Å². The molecule has 0 spiro atoms. The molecule has 3 fully saturated rings. The summed E-state index contributed by atoms with van der Waals surface area (Å²) in [6.07, 6.45) is 8.43. The van der Waals surface area contributed by atoms with Gasteiger partial charge in [-0.1, -0.05) is 5.16 Å². The van der Waals surface area contributed by atoms with Gasteiger partial charge < -0.3 is 9.42 Å². The number of likely N-dealkylation sites (tertiary alicyclic amines) is 1. The van der Waals surface area contributed by atoms with Gasteiger partial charge in [-0.2, -0.15) is 10.1 Å². The maximum atomic E-state index is 5.01. The number of rotatable bonds is 6. The Kier molecular flexibility index (Phi) is 3.98. The van der Waals surface area contributed by atoms with Crippen LogP contribution in [-0.4, -0.2) is 62.6 Å². The van der Waals surface area contributed by atoms with Crippen LogP contribution in [0.3, 0.4) is 0 Å². The van der Waals surface area contributed by atoms with Crippen molar-refractivity contribution in [3.8, 4) is 0 Å². The summed E-state index contributed by atoms with van der Waals surface area (Å²) in [5.74, 6) is 2.45. The molecule has 9 nitrogen and oxygen atoms in total. The lowest BCUT2D eigenvalue weighted by Crippen LogP contribution is -2.46. The number of hydrogen-bond acceptors (Lipinski definition) is 10. The van der Waals surface area contributed by atoms with E-state index < -0.39 is 0 Å². The Bertz CT molecular complexity index is 1130. The highest BCUT2D eigenvalue weighted by atomic mass is 32.1. The van der Waals surface area contributed by atoms with Gasteiger partial charge in [-0.25, -0.2) is 10.1 Å². The van der Waals surface area contributed by atoms with Gasteiger partial charge in [0.2, 0.25) is 5.95 Å². The number of fused-ring (bicyclic) bond motifs is 3. The van der Waals surface area contributed by atoms with Crippen molar-refractivity contribution in [1.82, 2.24) is 25.1 Å². The molecular weight excluding hydrogens is 412 g/mol. The van der Waals surface area contributed by atoms with E-state index in [1.807, 2.05) is 17.4 Å². The van der Waals surface area contributed by atoms with Crippen molar-refractivity contribution in [2.45, 2.75) is 50.4 Å². The Balaban J connectivity index is 1.14. The average Bonchev–Trinajstić information content (AvgIpc) is 3.33. The summed E-state index contributed by atoms with van der Waals surface area (Å²) < 4.78 is 6.09. The van der Waals surface area contributed by atoms with Gasteiger partial charge in [0.25, 0.3) is 0 Å². The molecule has 4 aliphatic rings. The average molecular weight is 437 g/mol. The van der Waals surface area contributed by atoms with Crippen molar-refractivity contribution in [2.24, 2.45) is 11.0 Å². The van der Waals surface area contributed by atoms with E-state index in [9.17, 15) is 0 Å². The normalized spacial score (nSPS) is 27.8. The summed E-state index contributed by atoms with van der Waals surface area (Å²) in [6.45, 7) is 2.80. The number of hydrogen-bond donors (Lipinski definition) is 1. The first-order valence-corrected chi connectivity index (χ1v) is 11.9. The molecule has 6 heterocycles. The van der Waals surface area contributed by atoms with E-state index >= 15 is 0 Å². The Morgan fingerprint density at radius 1 is 1.16 bits per heavy atom. The lowest BCUT2D eigenvalue weighted by Gasteiger charge is -2.34. The van der Waals surface area contributed by atoms with Crippen molar-refractivity contribution in [3.05, 3.63) is 29.5 Å². The molecule has 31 heavy (non-hydrogen) atoms. The first-order valence-electron chi connectivity index (χ1n) is 11.1. The summed E-state index contributed by atoms with van der Waals surface area (Å²) in [4.78, 5) is 14.8. The molecule has 7 rings (SSSR count). The SMILES string of the molecule is C1=NN(Nc2nc(N3C[C@@H]4C[C@H]3CN4Cc3ccon3)nc3ccsc23)C(C2CC2)C1. The minimum absolute atomic E-state index is 0.435. The molecule has 1 N–H and O–H groups in total. The Morgan fingerprint density at radius 3 is 2.94 bits per heavy atom. The predicted octanol–water partition coefficient (Wildman–Crippen LogP) is 2.94. The van der Waals surface area contributed by atoms with E-state index in [1.165, 1.54) is 12.8 Å². The molecule has 0 aromatic carbocycles. The molecule has 2 saturated heterocycles. The molecule has 10 heteroatoms. The summed E-state index contributed by atoms with van der Waals surface area (Å²) in [5.41, 5.74) is 5.53. The van der Waals surface area contributed by atoms with Gasteiger partial charge in [0, 0.05) is 50.4 Å². The third-order valence-electron chi connectivity index (χ3n) is 7.01. The van der Waals surface area contributed by atoms with Crippen LogP contribution >= 0.6 is 11.3 Å². The van der Waals surface area contributed by atoms with Crippen molar-refractivity contribution in [1.29, 1.82) is 0 Å². The van der Waals surface area contributed by atoms with E-state index in [2.05, 4.69) is 36.9 Å². The van der Waals surface area contributed by atoms with Crippen LogP contribution < -0.4 is 10.3 Å². The van der Waals surface area contributed by atoms with Crippen LogP contribution in [0, 0.1) is 5.92 Å². The zero-order valence-corrected chi connectivity index (χ0v) is 17.9. The molecular formula is C21H24N8OS. The second kappa shape index (κ2) is 6.89. The molecule has 2 bridgehead atoms. The molecule has 3 atom stereocenters. The van der Waals surface area contributed by atoms with Crippen molar-refractivity contribution in [2.75, 3.05) is 23.4 Å². The Labute approximate surface area is 183 Å². The highest BCUT2D eigenvalue weighted by molar-refractivity contribution is 7.17. The lowest BCUT2D eigenvalue weighted by molar-refractivity contribution is 0.223. The maximum absolute atomic E-state index is 5.01. The molecule has 0 radical (unpaired) electrons. The molecule has 160 valence electrons. The standard InChI is InChI=1S/C21H24N8OS/c1-2-13(1)18-3-6-22-29(18)25-20-19-17(5-8-31-19)23-21(24-20)28-12-15-9-16(28)11-27(15)10-14-4-7-30-26-14/h4-8,13,15-16,18H,1-3,9-12H2,(H,23,24,25)/t15-,16-,18?/m0/s1. The summed E-state index contributed by atoms with van der Waals surface area (Å²) in [7, 11) is 0. The Hall–Kier alpha value is -2.72. The van der Waals surface area contributed by atoms with Crippen molar-refractivity contribution < 1.29 is 4.52 Å². The second-order valence-electron chi connectivity index (χ2n) is 9.02. The predicted molar refractivity (Wildman–Crippen MR) is 119 cm³/mol. The minimum Gasteiger partial charge on any atom is -0.364 e. The number of aromatic nitrogens is 3. The fourth-order valence-corrected chi connectivity index (χ4v) is 6.06. The van der Waals surface area contributed by atoms with Crippen LogP contribution in [0.2, 0.25) is 0 Å². The largest absolute Gasteiger partial charge is 0.364 e. The van der Waals surface area contributed by atoms with Crippen LogP contribution in [0.4, 0.5) is 11.8 Å². The molecule has 3 aromatic heterocycles. The summed E-state index contributed by atoms with van der Waals surface area (Å²) >= 11 is 1.68. The van der Waals surface area contributed by atoms with Gasteiger partial charge in [-0.3, -0.25) is 10.3 Å². The molecule has 3 aromatic rings. The van der Waals surface area contributed by atoms with Crippen molar-refractivity contribution >= 4 is 39.5 Å². The molecule has 0 amide bonds. The van der Waals surface area contributed by atoms with Gasteiger partial charge in [0.1, 0.15) is 6.26 Å². The lowest BCUT2D eigenvalue weighted by atomic mass is 10.1. The quantitative estimate of drug-likeness (QED) is 0.631. The second-order valence-corrected chi connectivity index (χ2v) is 9.93. The maximum Gasteiger partial charge on any atom is 0.228 e. The van der Waals surface area contributed by atoms with Crippen LogP contribution in [0.25, 0.3) is 10.2 Å². The minimum atomic E-state index is 0.435. The topological polar surface area (TPSA) is 85.9 Å². The van der Waals surface area contributed by atoms with Crippen molar-refractivity contribution in [3.63, 3.8) is 0 Å². The fraction of sp³-hybridized carbons (Fsp3) is 0.524. The number of thiophene rings is 1. The van der Waals surface area contributed by atoms with Crippen LogP contribution in [0.5, 0.6) is 0 Å². The monoisotopic (exact) mass is 436 g/mol. The summed E-state index contributed by atoms with van der Waals surface area (Å²) in [5, 5.41) is 12.8. The van der Waals surface area contributed by atoms with E-state index in [1.54, 1.807) is 17.6 Å².